The summed E-state index contributed by atoms with van der Waals surface area (Å²) in [5.41, 5.74) is 1.95. The summed E-state index contributed by atoms with van der Waals surface area (Å²) in [7, 11) is -5.74. The van der Waals surface area contributed by atoms with Gasteiger partial charge in [0.15, 0.2) is 0 Å². The minimum absolute atomic E-state index is 0.0304. The maximum absolute atomic E-state index is 13.7. The van der Waals surface area contributed by atoms with Crippen LogP contribution < -0.4 is 15.4 Å². The number of nitrogens with zero attached hydrogens (tertiary/aromatic N) is 1. The van der Waals surface area contributed by atoms with Gasteiger partial charge in [-0.05, 0) is 56.5 Å². The standard InChI is InChI=1S/C34H40N4O6S2/c1-34(2,3)37-32(40)26-16-10-8-15-25(26)21-30(39)28(20-23-12-6-5-7-13-23)36-33(41)29(38-46(4,43)44)22-45(42)31-19-18-24-14-9-11-17-27(24)35-31/h5-19,28-30,38-39H,20-22H2,1-4H3,(H,36,41)(H,37,40)/t28-,29+,30+,45?/m0/s1. The van der Waals surface area contributed by atoms with Crippen LogP contribution >= 0.6 is 0 Å². The van der Waals surface area contributed by atoms with Gasteiger partial charge in [0, 0.05) is 22.9 Å². The van der Waals surface area contributed by atoms with Crippen LogP contribution in [0.1, 0.15) is 42.3 Å². The first kappa shape index (κ1) is 34.9. The van der Waals surface area contributed by atoms with Crippen LogP contribution in [0.25, 0.3) is 10.9 Å². The number of nitrogens with one attached hydrogen (secondary N) is 3. The SMILES string of the molecule is CC(C)(C)NC(=O)c1ccccc1C[C@@H](O)[C@H](Cc1ccccc1)NC(=O)[C@@H](CS(=O)c1ccc2ccccc2n1)NS(C)(=O)=O. The van der Waals surface area contributed by atoms with Crippen LogP contribution in [-0.4, -0.2) is 70.3 Å². The van der Waals surface area contributed by atoms with Crippen molar-refractivity contribution in [3.63, 3.8) is 0 Å². The third kappa shape index (κ3) is 10.3. The Morgan fingerprint density at radius 1 is 0.891 bits per heavy atom. The Kier molecular flexibility index (Phi) is 11.4. The number of rotatable bonds is 13. The van der Waals surface area contributed by atoms with Crippen molar-refractivity contribution >= 4 is 43.5 Å². The van der Waals surface area contributed by atoms with Crippen LogP contribution in [0.4, 0.5) is 0 Å². The topological polar surface area (TPSA) is 155 Å². The number of aliphatic hydroxyl groups excluding tert-OH is 1. The molecule has 0 aliphatic rings. The van der Waals surface area contributed by atoms with E-state index in [0.717, 1.165) is 17.2 Å². The maximum Gasteiger partial charge on any atom is 0.251 e. The van der Waals surface area contributed by atoms with Gasteiger partial charge < -0.3 is 15.7 Å². The summed E-state index contributed by atoms with van der Waals surface area (Å²) < 4.78 is 40.3. The van der Waals surface area contributed by atoms with Crippen LogP contribution in [0.3, 0.4) is 0 Å². The molecule has 0 aliphatic carbocycles. The number of sulfonamides is 1. The number of para-hydroxylation sites is 1. The summed E-state index contributed by atoms with van der Waals surface area (Å²) in [6.07, 6.45) is -0.00664. The van der Waals surface area contributed by atoms with Crippen molar-refractivity contribution in [3.8, 4) is 0 Å². The number of amides is 2. The molecule has 10 nitrogen and oxygen atoms in total. The summed E-state index contributed by atoms with van der Waals surface area (Å²) in [5, 5.41) is 18.3. The smallest absolute Gasteiger partial charge is 0.251 e. The monoisotopic (exact) mass is 664 g/mol. The van der Waals surface area contributed by atoms with Crippen LogP contribution in [0.5, 0.6) is 0 Å². The van der Waals surface area contributed by atoms with Crippen molar-refractivity contribution in [2.75, 3.05) is 12.0 Å². The van der Waals surface area contributed by atoms with Gasteiger partial charge in [-0.3, -0.25) is 13.8 Å². The first-order valence-corrected chi connectivity index (χ1v) is 18.0. The molecular weight excluding hydrogens is 625 g/mol. The molecule has 0 bridgehead atoms. The van der Waals surface area contributed by atoms with E-state index >= 15 is 0 Å². The van der Waals surface area contributed by atoms with E-state index in [1.807, 2.05) is 63.2 Å². The lowest BCUT2D eigenvalue weighted by Crippen LogP contribution is -2.55. The van der Waals surface area contributed by atoms with Crippen molar-refractivity contribution in [1.82, 2.24) is 20.3 Å². The van der Waals surface area contributed by atoms with Gasteiger partial charge in [-0.25, -0.2) is 18.1 Å². The molecule has 12 heteroatoms. The number of aliphatic hydroxyl groups is 1. The Labute approximate surface area is 272 Å². The Balaban J connectivity index is 1.59. The van der Waals surface area contributed by atoms with Gasteiger partial charge in [0.05, 0.1) is 40.5 Å². The van der Waals surface area contributed by atoms with Crippen LogP contribution in [-0.2, 0) is 38.5 Å². The van der Waals surface area contributed by atoms with E-state index in [-0.39, 0.29) is 29.5 Å². The fourth-order valence-electron chi connectivity index (χ4n) is 4.96. The molecule has 1 aromatic heterocycles. The van der Waals surface area contributed by atoms with E-state index in [1.165, 1.54) is 0 Å². The minimum atomic E-state index is -3.90. The zero-order chi connectivity index (χ0) is 33.5. The van der Waals surface area contributed by atoms with Gasteiger partial charge >= 0.3 is 0 Å². The number of hydrogen-bond acceptors (Lipinski definition) is 7. The number of carbonyl (C=O) groups excluding carboxylic acids is 2. The first-order valence-electron chi connectivity index (χ1n) is 14.8. The molecule has 1 unspecified atom stereocenters. The molecule has 2 amide bonds. The predicted molar refractivity (Wildman–Crippen MR) is 180 cm³/mol. The van der Waals surface area contributed by atoms with E-state index in [9.17, 15) is 27.3 Å². The highest BCUT2D eigenvalue weighted by Crippen LogP contribution is 2.18. The van der Waals surface area contributed by atoms with Crippen molar-refractivity contribution in [2.24, 2.45) is 0 Å². The summed E-state index contributed by atoms with van der Waals surface area (Å²) in [5.74, 6) is -1.42. The average molecular weight is 665 g/mol. The summed E-state index contributed by atoms with van der Waals surface area (Å²) in [6.45, 7) is 5.62. The fourth-order valence-corrected chi connectivity index (χ4v) is 6.90. The van der Waals surface area contributed by atoms with Crippen LogP contribution in [0.2, 0.25) is 0 Å². The second kappa shape index (κ2) is 15.1. The third-order valence-corrected chi connectivity index (χ3v) is 9.11. The molecule has 3 aromatic carbocycles. The highest BCUT2D eigenvalue weighted by Gasteiger charge is 2.31. The fraction of sp³-hybridized carbons (Fsp3) is 0.324. The number of hydrogen-bond donors (Lipinski definition) is 4. The number of pyridine rings is 1. The number of aromatic nitrogens is 1. The largest absolute Gasteiger partial charge is 0.391 e. The molecule has 0 saturated heterocycles. The lowest BCUT2D eigenvalue weighted by Gasteiger charge is -2.28. The molecule has 0 radical (unpaired) electrons. The van der Waals surface area contributed by atoms with Gasteiger partial charge in [-0.1, -0.05) is 72.8 Å². The van der Waals surface area contributed by atoms with Crippen molar-refractivity contribution in [2.45, 2.75) is 62.4 Å². The molecule has 0 saturated carbocycles. The van der Waals surface area contributed by atoms with Gasteiger partial charge in [0.25, 0.3) is 5.91 Å². The summed E-state index contributed by atoms with van der Waals surface area (Å²) in [6, 6.07) is 24.5. The zero-order valence-corrected chi connectivity index (χ0v) is 27.9. The highest BCUT2D eigenvalue weighted by atomic mass is 32.2. The highest BCUT2D eigenvalue weighted by molar-refractivity contribution is 7.89. The lowest BCUT2D eigenvalue weighted by atomic mass is 9.93. The Bertz CT molecular complexity index is 1810. The lowest BCUT2D eigenvalue weighted by molar-refractivity contribution is -0.123. The second-order valence-electron chi connectivity index (χ2n) is 12.2. The molecule has 4 aromatic rings. The van der Waals surface area contributed by atoms with E-state index in [1.54, 1.807) is 48.5 Å². The van der Waals surface area contributed by atoms with E-state index in [2.05, 4.69) is 20.3 Å². The van der Waals surface area contributed by atoms with E-state index in [4.69, 9.17) is 0 Å². The molecule has 46 heavy (non-hydrogen) atoms. The molecule has 0 spiro atoms. The minimum Gasteiger partial charge on any atom is -0.391 e. The molecule has 4 rings (SSSR count). The van der Waals surface area contributed by atoms with Crippen LogP contribution in [0.15, 0.2) is 96.0 Å². The Hall–Kier alpha value is -3.97. The third-order valence-electron chi connectivity index (χ3n) is 7.07. The van der Waals surface area contributed by atoms with E-state index < -0.39 is 50.5 Å². The van der Waals surface area contributed by atoms with Crippen LogP contribution in [0, 0.1) is 0 Å². The maximum atomic E-state index is 13.7. The first-order chi connectivity index (χ1) is 21.7. The number of carbonyl (C=O) groups is 2. The van der Waals surface area contributed by atoms with Gasteiger partial charge in [-0.2, -0.15) is 0 Å². The molecule has 4 N–H and O–H groups in total. The summed E-state index contributed by atoms with van der Waals surface area (Å²) in [4.78, 5) is 31.2. The molecule has 4 atom stereocenters. The van der Waals surface area contributed by atoms with Gasteiger partial charge in [0.2, 0.25) is 15.9 Å². The quantitative estimate of drug-likeness (QED) is 0.171. The molecule has 1 heterocycles. The molecule has 0 fully saturated rings. The number of benzene rings is 3. The van der Waals surface area contributed by atoms with Crippen molar-refractivity contribution in [1.29, 1.82) is 0 Å². The van der Waals surface area contributed by atoms with E-state index in [0.29, 0.717) is 16.6 Å². The van der Waals surface area contributed by atoms with Gasteiger partial charge in [-0.15, -0.1) is 0 Å². The second-order valence-corrected chi connectivity index (χ2v) is 15.5. The average Bonchev–Trinajstić information content (AvgIpc) is 2.99. The molecular formula is C34H40N4O6S2. The Morgan fingerprint density at radius 2 is 1.54 bits per heavy atom. The molecule has 244 valence electrons. The summed E-state index contributed by atoms with van der Waals surface area (Å²) >= 11 is 0. The zero-order valence-electron chi connectivity index (χ0n) is 26.3. The van der Waals surface area contributed by atoms with Crippen molar-refractivity contribution < 1.29 is 27.3 Å². The molecule has 0 aliphatic heterocycles. The normalized spacial score (nSPS) is 14.6. The van der Waals surface area contributed by atoms with Gasteiger partial charge in [0.1, 0.15) is 11.1 Å². The van der Waals surface area contributed by atoms with Crippen molar-refractivity contribution in [3.05, 3.63) is 108 Å². The Morgan fingerprint density at radius 3 is 2.24 bits per heavy atom. The number of fused-ring (bicyclic) bond motifs is 1. The predicted octanol–water partition coefficient (Wildman–Crippen LogP) is 3.12.